The summed E-state index contributed by atoms with van der Waals surface area (Å²) < 4.78 is 7.46. The van der Waals surface area contributed by atoms with E-state index in [1.807, 2.05) is 29.9 Å². The fourth-order valence-electron chi connectivity index (χ4n) is 1.39. The molecule has 2 rings (SSSR count). The van der Waals surface area contributed by atoms with Crippen molar-refractivity contribution >= 4 is 0 Å². The van der Waals surface area contributed by atoms with Gasteiger partial charge in [-0.05, 0) is 25.1 Å². The van der Waals surface area contributed by atoms with Crippen molar-refractivity contribution in [3.8, 4) is 11.6 Å². The van der Waals surface area contributed by atoms with E-state index in [2.05, 4.69) is 10.2 Å². The number of nitrogens with two attached hydrogens (primary N) is 1. The van der Waals surface area contributed by atoms with Gasteiger partial charge in [0.15, 0.2) is 0 Å². The zero-order valence-electron chi connectivity index (χ0n) is 8.68. The van der Waals surface area contributed by atoms with Crippen molar-refractivity contribution in [3.63, 3.8) is 0 Å². The average Bonchev–Trinajstić information content (AvgIpc) is 2.83. The molecule has 0 atom stereocenters. The van der Waals surface area contributed by atoms with Crippen LogP contribution in [0.1, 0.15) is 12.3 Å². The molecule has 80 valence electrons. The van der Waals surface area contributed by atoms with Gasteiger partial charge < -0.3 is 14.7 Å². The molecule has 5 nitrogen and oxygen atoms in total. The lowest BCUT2D eigenvalue weighted by Crippen LogP contribution is -2.00. The largest absolute Gasteiger partial charge is 0.419 e. The number of hydrogen-bond acceptors (Lipinski definition) is 4. The Kier molecular flexibility index (Phi) is 2.82. The molecule has 2 aromatic heterocycles. The quantitative estimate of drug-likeness (QED) is 0.809. The molecule has 0 aromatic carbocycles. The summed E-state index contributed by atoms with van der Waals surface area (Å²) in [6, 6.07) is 3.89. The third-order valence-electron chi connectivity index (χ3n) is 2.22. The summed E-state index contributed by atoms with van der Waals surface area (Å²) in [4.78, 5) is 0. The van der Waals surface area contributed by atoms with Gasteiger partial charge in [0.2, 0.25) is 5.89 Å². The first-order chi connectivity index (χ1) is 7.31. The number of aromatic nitrogens is 3. The van der Waals surface area contributed by atoms with E-state index in [0.29, 0.717) is 18.3 Å². The van der Waals surface area contributed by atoms with Crippen molar-refractivity contribution in [1.29, 1.82) is 0 Å². The van der Waals surface area contributed by atoms with Gasteiger partial charge in [-0.25, -0.2) is 0 Å². The highest BCUT2D eigenvalue weighted by molar-refractivity contribution is 5.47. The van der Waals surface area contributed by atoms with Crippen molar-refractivity contribution < 1.29 is 4.42 Å². The first kappa shape index (κ1) is 9.92. The minimum Gasteiger partial charge on any atom is -0.419 e. The van der Waals surface area contributed by atoms with Crippen LogP contribution in [0.25, 0.3) is 11.6 Å². The van der Waals surface area contributed by atoms with Crippen LogP contribution in [-0.2, 0) is 13.5 Å². The topological polar surface area (TPSA) is 69.9 Å². The van der Waals surface area contributed by atoms with E-state index in [-0.39, 0.29) is 0 Å². The normalized spacial score (nSPS) is 10.8. The Morgan fingerprint density at radius 1 is 1.47 bits per heavy atom. The van der Waals surface area contributed by atoms with Gasteiger partial charge in [-0.2, -0.15) is 0 Å². The molecule has 0 aliphatic carbocycles. The molecule has 0 bridgehead atoms. The van der Waals surface area contributed by atoms with E-state index in [1.54, 1.807) is 0 Å². The maximum Gasteiger partial charge on any atom is 0.264 e. The van der Waals surface area contributed by atoms with Gasteiger partial charge in [-0.1, -0.05) is 0 Å². The fourth-order valence-corrected chi connectivity index (χ4v) is 1.39. The molecule has 5 heteroatoms. The number of hydrogen-bond donors (Lipinski definition) is 1. The molecule has 2 N–H and O–H groups in total. The van der Waals surface area contributed by atoms with Crippen LogP contribution in [0.4, 0.5) is 0 Å². The Bertz CT molecular complexity index is 432. The summed E-state index contributed by atoms with van der Waals surface area (Å²) >= 11 is 0. The Morgan fingerprint density at radius 3 is 3.00 bits per heavy atom. The van der Waals surface area contributed by atoms with Crippen molar-refractivity contribution in [2.45, 2.75) is 12.8 Å². The summed E-state index contributed by atoms with van der Waals surface area (Å²) in [7, 11) is 1.94. The maximum atomic E-state index is 5.51. The van der Waals surface area contributed by atoms with Gasteiger partial charge in [0, 0.05) is 19.7 Å². The van der Waals surface area contributed by atoms with Gasteiger partial charge in [0.1, 0.15) is 5.69 Å². The Hall–Kier alpha value is -1.62. The minimum atomic E-state index is 0.564. The molecule has 0 unspecified atom stereocenters. The monoisotopic (exact) mass is 206 g/mol. The van der Waals surface area contributed by atoms with Gasteiger partial charge in [-0.3, -0.25) is 0 Å². The van der Waals surface area contributed by atoms with Crippen LogP contribution in [0.3, 0.4) is 0 Å². The summed E-state index contributed by atoms with van der Waals surface area (Å²) in [5, 5.41) is 7.96. The molecule has 2 aromatic rings. The number of rotatable bonds is 4. The lowest BCUT2D eigenvalue weighted by atomic mass is 10.3. The maximum absolute atomic E-state index is 5.51. The first-order valence-electron chi connectivity index (χ1n) is 4.95. The van der Waals surface area contributed by atoms with Crippen LogP contribution in [0, 0.1) is 0 Å². The van der Waals surface area contributed by atoms with Crippen molar-refractivity contribution in [2.24, 2.45) is 12.8 Å². The molecular weight excluding hydrogens is 192 g/mol. The van der Waals surface area contributed by atoms with Crippen LogP contribution in [0.15, 0.2) is 22.7 Å². The van der Waals surface area contributed by atoms with E-state index >= 15 is 0 Å². The van der Waals surface area contributed by atoms with Gasteiger partial charge >= 0.3 is 0 Å². The molecule has 0 radical (unpaired) electrons. The smallest absolute Gasteiger partial charge is 0.264 e. The van der Waals surface area contributed by atoms with Gasteiger partial charge in [-0.15, -0.1) is 10.2 Å². The number of aryl methyl sites for hydroxylation is 2. The predicted molar refractivity (Wildman–Crippen MR) is 56.1 cm³/mol. The summed E-state index contributed by atoms with van der Waals surface area (Å²) in [5.74, 6) is 1.21. The van der Waals surface area contributed by atoms with Crippen molar-refractivity contribution in [3.05, 3.63) is 24.2 Å². The third kappa shape index (κ3) is 2.07. The highest BCUT2D eigenvalue weighted by Crippen LogP contribution is 2.17. The summed E-state index contributed by atoms with van der Waals surface area (Å²) in [6.45, 7) is 0.641. The molecule has 0 aliphatic rings. The highest BCUT2D eigenvalue weighted by Gasteiger charge is 2.09. The lowest BCUT2D eigenvalue weighted by Gasteiger charge is -1.95. The van der Waals surface area contributed by atoms with Crippen molar-refractivity contribution in [1.82, 2.24) is 14.8 Å². The molecule has 15 heavy (non-hydrogen) atoms. The van der Waals surface area contributed by atoms with E-state index in [1.165, 1.54) is 0 Å². The third-order valence-corrected chi connectivity index (χ3v) is 2.22. The minimum absolute atomic E-state index is 0.564. The zero-order chi connectivity index (χ0) is 10.7. The van der Waals surface area contributed by atoms with Crippen LogP contribution < -0.4 is 5.73 Å². The molecule has 0 spiro atoms. The number of nitrogens with zero attached hydrogens (tertiary/aromatic N) is 3. The second-order valence-electron chi connectivity index (χ2n) is 3.40. The standard InChI is InChI=1S/C10H14N4O/c1-14-7-3-4-8(14)10-13-12-9(15-10)5-2-6-11/h3-4,7H,2,5-6,11H2,1H3. The first-order valence-corrected chi connectivity index (χ1v) is 4.95. The van der Waals surface area contributed by atoms with Gasteiger partial charge in [0.25, 0.3) is 5.89 Å². The second kappa shape index (κ2) is 4.27. The van der Waals surface area contributed by atoms with Crippen LogP contribution >= 0.6 is 0 Å². The predicted octanol–water partition coefficient (Wildman–Crippen LogP) is 0.966. The Labute approximate surface area is 87.9 Å². The molecule has 0 saturated carbocycles. The van der Waals surface area contributed by atoms with E-state index in [0.717, 1.165) is 18.5 Å². The van der Waals surface area contributed by atoms with E-state index in [4.69, 9.17) is 10.2 Å². The Balaban J connectivity index is 2.17. The Morgan fingerprint density at radius 2 is 2.33 bits per heavy atom. The highest BCUT2D eigenvalue weighted by atomic mass is 16.4. The molecule has 0 amide bonds. The molecule has 0 fully saturated rings. The van der Waals surface area contributed by atoms with E-state index < -0.39 is 0 Å². The molecule has 0 aliphatic heterocycles. The van der Waals surface area contributed by atoms with Crippen LogP contribution in [-0.4, -0.2) is 21.3 Å². The molecule has 0 saturated heterocycles. The van der Waals surface area contributed by atoms with E-state index in [9.17, 15) is 0 Å². The zero-order valence-corrected chi connectivity index (χ0v) is 8.68. The van der Waals surface area contributed by atoms with Crippen LogP contribution in [0.2, 0.25) is 0 Å². The average molecular weight is 206 g/mol. The molecular formula is C10H14N4O. The lowest BCUT2D eigenvalue weighted by molar-refractivity contribution is 0.496. The van der Waals surface area contributed by atoms with Crippen molar-refractivity contribution in [2.75, 3.05) is 6.54 Å². The molecule has 2 heterocycles. The summed E-state index contributed by atoms with van der Waals surface area (Å²) in [6.07, 6.45) is 3.56. The summed E-state index contributed by atoms with van der Waals surface area (Å²) in [5.41, 5.74) is 6.34. The SMILES string of the molecule is Cn1cccc1-c1nnc(CCCN)o1. The van der Waals surface area contributed by atoms with Crippen LogP contribution in [0.5, 0.6) is 0 Å². The fraction of sp³-hybridized carbons (Fsp3) is 0.400. The van der Waals surface area contributed by atoms with Gasteiger partial charge in [0.05, 0.1) is 0 Å². The second-order valence-corrected chi connectivity index (χ2v) is 3.40.